The zero-order valence-corrected chi connectivity index (χ0v) is 14.5. The van der Waals surface area contributed by atoms with E-state index in [1.165, 1.54) is 22.6 Å². The van der Waals surface area contributed by atoms with Gasteiger partial charge < -0.3 is 15.6 Å². The highest BCUT2D eigenvalue weighted by atomic mass is 32.2. The van der Waals surface area contributed by atoms with Crippen LogP contribution in [0.25, 0.3) is 0 Å². The quantitative estimate of drug-likeness (QED) is 0.741. The van der Waals surface area contributed by atoms with Gasteiger partial charge in [-0.1, -0.05) is 0 Å². The molecule has 1 fully saturated rings. The second-order valence-corrected chi connectivity index (χ2v) is 8.20. The number of rotatable bonds is 7. The van der Waals surface area contributed by atoms with Gasteiger partial charge in [-0.3, -0.25) is 0 Å². The average molecular weight is 359 g/mol. The summed E-state index contributed by atoms with van der Waals surface area (Å²) in [6.07, 6.45) is 1.57. The van der Waals surface area contributed by atoms with E-state index in [-0.39, 0.29) is 48.5 Å². The molecule has 1 aliphatic rings. The molecule has 0 radical (unpaired) electrons. The van der Waals surface area contributed by atoms with Crippen LogP contribution in [0.5, 0.6) is 5.88 Å². The standard InChI is InChI=1S/C15H22FN3O4S/c1-15(2,20)12-8-19(9-12)24(21,22)13-3-4-14(18-7-13)23-10-11(5-16)6-17/h3-5,7,12,20H,6,8-10,17H2,1-2H3/b11-5+. The topological polar surface area (TPSA) is 106 Å². The predicted octanol–water partition coefficient (Wildman–Crippen LogP) is 0.664. The number of nitrogens with zero attached hydrogens (tertiary/aromatic N) is 2. The molecule has 9 heteroatoms. The molecule has 3 N–H and O–H groups in total. The zero-order valence-electron chi connectivity index (χ0n) is 13.6. The van der Waals surface area contributed by atoms with Gasteiger partial charge in [-0.25, -0.2) is 17.8 Å². The molecule has 0 amide bonds. The van der Waals surface area contributed by atoms with Crippen LogP contribution in [0.2, 0.25) is 0 Å². The Morgan fingerprint density at radius 3 is 2.67 bits per heavy atom. The fourth-order valence-corrected chi connectivity index (χ4v) is 3.61. The molecule has 24 heavy (non-hydrogen) atoms. The van der Waals surface area contributed by atoms with Gasteiger partial charge in [0.15, 0.2) is 0 Å². The summed E-state index contributed by atoms with van der Waals surface area (Å²) >= 11 is 0. The molecule has 0 saturated carbocycles. The number of sulfonamides is 1. The van der Waals surface area contributed by atoms with E-state index in [1.54, 1.807) is 13.8 Å². The maximum Gasteiger partial charge on any atom is 0.244 e. The highest BCUT2D eigenvalue weighted by Gasteiger charge is 2.43. The number of nitrogens with two attached hydrogens (primary N) is 1. The Kier molecular flexibility index (Phi) is 5.59. The van der Waals surface area contributed by atoms with E-state index in [9.17, 15) is 17.9 Å². The van der Waals surface area contributed by atoms with Crippen LogP contribution in [0.15, 0.2) is 35.1 Å². The van der Waals surface area contributed by atoms with Gasteiger partial charge in [-0.15, -0.1) is 0 Å². The molecular formula is C15H22FN3O4S. The fourth-order valence-electron chi connectivity index (χ4n) is 2.14. The van der Waals surface area contributed by atoms with Gasteiger partial charge in [0.1, 0.15) is 11.5 Å². The van der Waals surface area contributed by atoms with Crippen molar-refractivity contribution in [1.29, 1.82) is 0 Å². The lowest BCUT2D eigenvalue weighted by atomic mass is 9.86. The molecule has 0 atom stereocenters. The van der Waals surface area contributed by atoms with E-state index in [4.69, 9.17) is 10.5 Å². The monoisotopic (exact) mass is 359 g/mol. The van der Waals surface area contributed by atoms with Crippen molar-refractivity contribution >= 4 is 10.0 Å². The summed E-state index contributed by atoms with van der Waals surface area (Å²) in [5.41, 5.74) is 4.67. The minimum absolute atomic E-state index is 0.0281. The average Bonchev–Trinajstić information content (AvgIpc) is 2.45. The maximum atomic E-state index is 12.4. The van der Waals surface area contributed by atoms with Gasteiger partial charge >= 0.3 is 0 Å². The first kappa shape index (κ1) is 18.8. The van der Waals surface area contributed by atoms with Crippen molar-refractivity contribution in [2.24, 2.45) is 11.7 Å². The van der Waals surface area contributed by atoms with Crippen molar-refractivity contribution in [2.75, 3.05) is 26.2 Å². The molecule has 1 aliphatic heterocycles. The van der Waals surface area contributed by atoms with Crippen molar-refractivity contribution in [1.82, 2.24) is 9.29 Å². The largest absolute Gasteiger partial charge is 0.473 e. The van der Waals surface area contributed by atoms with Crippen LogP contribution in [0.3, 0.4) is 0 Å². The lowest BCUT2D eigenvalue weighted by Gasteiger charge is -2.44. The summed E-state index contributed by atoms with van der Waals surface area (Å²) in [5, 5.41) is 9.88. The minimum Gasteiger partial charge on any atom is -0.473 e. The summed E-state index contributed by atoms with van der Waals surface area (Å²) in [7, 11) is -3.64. The Morgan fingerprint density at radius 1 is 1.54 bits per heavy atom. The molecule has 1 aromatic rings. The first-order valence-electron chi connectivity index (χ1n) is 7.48. The second-order valence-electron chi connectivity index (χ2n) is 6.26. The molecule has 0 aliphatic carbocycles. The van der Waals surface area contributed by atoms with E-state index in [0.29, 0.717) is 6.33 Å². The maximum absolute atomic E-state index is 12.4. The lowest BCUT2D eigenvalue weighted by molar-refractivity contribution is -0.0339. The summed E-state index contributed by atoms with van der Waals surface area (Å²) in [5.74, 6) is 0.0877. The van der Waals surface area contributed by atoms with Crippen LogP contribution in [0.4, 0.5) is 4.39 Å². The highest BCUT2D eigenvalue weighted by molar-refractivity contribution is 7.89. The van der Waals surface area contributed by atoms with Crippen LogP contribution in [0, 0.1) is 5.92 Å². The molecule has 1 saturated heterocycles. The van der Waals surface area contributed by atoms with Crippen molar-refractivity contribution < 1.29 is 22.7 Å². The first-order chi connectivity index (χ1) is 11.2. The Balaban J connectivity index is 2.00. The van der Waals surface area contributed by atoms with Crippen LogP contribution < -0.4 is 10.5 Å². The Labute approximate surface area is 141 Å². The van der Waals surface area contributed by atoms with Gasteiger partial charge in [-0.05, 0) is 19.9 Å². The van der Waals surface area contributed by atoms with Gasteiger partial charge in [0.05, 0.1) is 18.1 Å². The third-order valence-corrected chi connectivity index (χ3v) is 5.83. The summed E-state index contributed by atoms with van der Waals surface area (Å²) in [6, 6.07) is 2.79. The van der Waals surface area contributed by atoms with Gasteiger partial charge in [0, 0.05) is 37.2 Å². The smallest absolute Gasteiger partial charge is 0.244 e. The number of hydrogen-bond donors (Lipinski definition) is 2. The predicted molar refractivity (Wildman–Crippen MR) is 86.5 cm³/mol. The second kappa shape index (κ2) is 7.14. The summed E-state index contributed by atoms with van der Waals surface area (Å²) in [6.45, 7) is 3.84. The molecule has 0 spiro atoms. The SMILES string of the molecule is CC(C)(O)C1CN(S(=O)(=O)c2ccc(OC/C(=C/F)CN)nc2)C1. The van der Waals surface area contributed by atoms with E-state index in [2.05, 4.69) is 4.98 Å². The highest BCUT2D eigenvalue weighted by Crippen LogP contribution is 2.31. The molecular weight excluding hydrogens is 337 g/mol. The Hall–Kier alpha value is -1.55. The summed E-state index contributed by atoms with van der Waals surface area (Å²) in [4.78, 5) is 3.97. The number of hydrogen-bond acceptors (Lipinski definition) is 6. The van der Waals surface area contributed by atoms with E-state index in [1.807, 2.05) is 0 Å². The molecule has 2 rings (SSSR count). The van der Waals surface area contributed by atoms with Crippen LogP contribution >= 0.6 is 0 Å². The van der Waals surface area contributed by atoms with Gasteiger partial charge in [-0.2, -0.15) is 4.31 Å². The van der Waals surface area contributed by atoms with Crippen molar-refractivity contribution in [3.8, 4) is 5.88 Å². The van der Waals surface area contributed by atoms with Crippen molar-refractivity contribution in [2.45, 2.75) is 24.3 Å². The molecule has 0 bridgehead atoms. The third kappa shape index (κ3) is 4.10. The molecule has 7 nitrogen and oxygen atoms in total. The Bertz CT molecular complexity index is 692. The van der Waals surface area contributed by atoms with Crippen LogP contribution in [0.1, 0.15) is 13.8 Å². The van der Waals surface area contributed by atoms with Crippen molar-refractivity contribution in [3.63, 3.8) is 0 Å². The number of ether oxygens (including phenoxy) is 1. The van der Waals surface area contributed by atoms with Gasteiger partial charge in [0.2, 0.25) is 15.9 Å². The summed E-state index contributed by atoms with van der Waals surface area (Å²) < 4.78 is 43.8. The number of aliphatic hydroxyl groups is 1. The van der Waals surface area contributed by atoms with Crippen LogP contribution in [-0.2, 0) is 10.0 Å². The molecule has 0 aromatic carbocycles. The van der Waals surface area contributed by atoms with Crippen molar-refractivity contribution in [3.05, 3.63) is 30.2 Å². The lowest BCUT2D eigenvalue weighted by Crippen LogP contribution is -2.57. The number of halogens is 1. The minimum atomic E-state index is -3.64. The molecule has 2 heterocycles. The molecule has 0 unspecified atom stereocenters. The van der Waals surface area contributed by atoms with Crippen LogP contribution in [-0.4, -0.2) is 54.7 Å². The molecule has 1 aromatic heterocycles. The number of aromatic nitrogens is 1. The molecule has 134 valence electrons. The first-order valence-corrected chi connectivity index (χ1v) is 8.92. The third-order valence-electron chi connectivity index (χ3n) is 4.02. The van der Waals surface area contributed by atoms with E-state index < -0.39 is 15.6 Å². The normalized spacial score (nSPS) is 17.6. The number of pyridine rings is 1. The van der Waals surface area contributed by atoms with Gasteiger partial charge in [0.25, 0.3) is 0 Å². The van der Waals surface area contributed by atoms with E-state index in [0.717, 1.165) is 0 Å². The Morgan fingerprint density at radius 2 is 2.21 bits per heavy atom. The zero-order chi connectivity index (χ0) is 18.0. The van der Waals surface area contributed by atoms with E-state index >= 15 is 0 Å². The fraction of sp³-hybridized carbons (Fsp3) is 0.533.